The van der Waals surface area contributed by atoms with Gasteiger partial charge in [-0.25, -0.2) is 4.39 Å². The van der Waals surface area contributed by atoms with Crippen molar-refractivity contribution in [2.24, 2.45) is 5.92 Å². The Morgan fingerprint density at radius 3 is 2.70 bits per heavy atom. The van der Waals surface area contributed by atoms with Crippen LogP contribution in [-0.4, -0.2) is 49.4 Å². The number of ether oxygens (including phenoxy) is 1. The van der Waals surface area contributed by atoms with Gasteiger partial charge in [-0.2, -0.15) is 0 Å². The molecule has 2 aliphatic rings. The summed E-state index contributed by atoms with van der Waals surface area (Å²) in [7, 11) is 3.50. The normalized spacial score (nSPS) is 18.9. The van der Waals surface area contributed by atoms with Gasteiger partial charge in [0, 0.05) is 39.4 Å². The zero-order valence-electron chi connectivity index (χ0n) is 17.7. The van der Waals surface area contributed by atoms with Gasteiger partial charge in [-0.15, -0.1) is 0 Å². The lowest BCUT2D eigenvalue weighted by molar-refractivity contribution is -0.134. The molecule has 1 atom stereocenters. The summed E-state index contributed by atoms with van der Waals surface area (Å²) in [6, 6.07) is 13.0. The highest BCUT2D eigenvalue weighted by molar-refractivity contribution is 5.79. The molecule has 2 N–H and O–H groups in total. The third-order valence-corrected chi connectivity index (χ3v) is 6.48. The lowest BCUT2D eigenvalue weighted by Gasteiger charge is -2.40. The van der Waals surface area contributed by atoms with Crippen molar-refractivity contribution < 1.29 is 13.9 Å². The van der Waals surface area contributed by atoms with Crippen LogP contribution in [0.3, 0.4) is 0 Å². The molecule has 5 nitrogen and oxygen atoms in total. The Bertz CT molecular complexity index is 922. The van der Waals surface area contributed by atoms with E-state index >= 15 is 0 Å². The first-order chi connectivity index (χ1) is 14.4. The number of hydrogen-bond donors (Lipinski definition) is 1. The predicted molar refractivity (Wildman–Crippen MR) is 115 cm³/mol. The summed E-state index contributed by atoms with van der Waals surface area (Å²) in [5.74, 6) is -0.615. The van der Waals surface area contributed by atoms with Crippen molar-refractivity contribution in [3.05, 3.63) is 65.0 Å². The molecule has 2 aromatic carbocycles. The Balaban J connectivity index is 1.45. The standard InChI is InChI=1S/C24H30FN3O2/c1-27(2)23(29)19(13-18-14-20(26)7-8-22(18)25)15-28-11-9-24(10-12-28)21-6-4-3-5-17(21)16-30-24/h3-8,14,19H,9-13,15-16,26H2,1-2H3. The predicted octanol–water partition coefficient (Wildman–Crippen LogP) is 3.18. The molecular weight excluding hydrogens is 381 g/mol. The van der Waals surface area contributed by atoms with Crippen molar-refractivity contribution in [3.8, 4) is 0 Å². The third kappa shape index (κ3) is 4.07. The Kier molecular flexibility index (Phi) is 5.80. The lowest BCUT2D eigenvalue weighted by atomic mass is 9.83. The van der Waals surface area contributed by atoms with E-state index in [0.29, 0.717) is 30.8 Å². The maximum atomic E-state index is 14.3. The van der Waals surface area contributed by atoms with Crippen molar-refractivity contribution in [2.45, 2.75) is 31.5 Å². The van der Waals surface area contributed by atoms with Crippen molar-refractivity contribution in [1.29, 1.82) is 0 Å². The van der Waals surface area contributed by atoms with Crippen LogP contribution in [0.2, 0.25) is 0 Å². The van der Waals surface area contributed by atoms with Gasteiger partial charge in [0.15, 0.2) is 0 Å². The zero-order chi connectivity index (χ0) is 21.3. The third-order valence-electron chi connectivity index (χ3n) is 6.48. The van der Waals surface area contributed by atoms with E-state index < -0.39 is 0 Å². The number of nitrogens with two attached hydrogens (primary N) is 1. The topological polar surface area (TPSA) is 58.8 Å². The van der Waals surface area contributed by atoms with Crippen LogP contribution in [0.1, 0.15) is 29.5 Å². The molecule has 1 spiro atoms. The van der Waals surface area contributed by atoms with Gasteiger partial charge in [0.1, 0.15) is 5.82 Å². The van der Waals surface area contributed by atoms with Crippen LogP contribution in [0.4, 0.5) is 10.1 Å². The van der Waals surface area contributed by atoms with Gasteiger partial charge in [0.05, 0.1) is 18.1 Å². The number of likely N-dealkylation sites (tertiary alicyclic amines) is 1. The molecule has 0 aliphatic carbocycles. The van der Waals surface area contributed by atoms with Gasteiger partial charge < -0.3 is 20.3 Å². The van der Waals surface area contributed by atoms with E-state index in [2.05, 4.69) is 29.2 Å². The van der Waals surface area contributed by atoms with Gasteiger partial charge in [-0.1, -0.05) is 24.3 Å². The first kappa shape index (κ1) is 20.8. The largest absolute Gasteiger partial charge is 0.399 e. The van der Waals surface area contributed by atoms with E-state index in [9.17, 15) is 9.18 Å². The average Bonchev–Trinajstić information content (AvgIpc) is 3.09. The number of carbonyl (C=O) groups excluding carboxylic acids is 1. The molecule has 1 fully saturated rings. The molecule has 2 heterocycles. The van der Waals surface area contributed by atoms with Crippen molar-refractivity contribution in [2.75, 3.05) is 39.5 Å². The van der Waals surface area contributed by atoms with Gasteiger partial charge in [0.2, 0.25) is 5.91 Å². The Labute approximate surface area is 177 Å². The molecule has 1 saturated heterocycles. The van der Waals surface area contributed by atoms with E-state index in [-0.39, 0.29) is 23.2 Å². The number of nitrogens with zero attached hydrogens (tertiary/aromatic N) is 2. The highest BCUT2D eigenvalue weighted by Gasteiger charge is 2.42. The fourth-order valence-electron chi connectivity index (χ4n) is 4.82. The van der Waals surface area contributed by atoms with E-state index in [1.165, 1.54) is 17.2 Å². The van der Waals surface area contributed by atoms with Gasteiger partial charge in [-0.05, 0) is 54.2 Å². The number of rotatable bonds is 5. The quantitative estimate of drug-likeness (QED) is 0.768. The second-order valence-electron chi connectivity index (χ2n) is 8.73. The second-order valence-corrected chi connectivity index (χ2v) is 8.73. The summed E-state index contributed by atoms with van der Waals surface area (Å²) >= 11 is 0. The molecule has 2 aromatic rings. The summed E-state index contributed by atoms with van der Waals surface area (Å²) in [5, 5.41) is 0. The van der Waals surface area contributed by atoms with Crippen LogP contribution < -0.4 is 5.73 Å². The van der Waals surface area contributed by atoms with Gasteiger partial charge in [0.25, 0.3) is 0 Å². The Hall–Kier alpha value is -2.44. The smallest absolute Gasteiger partial charge is 0.226 e. The molecule has 1 unspecified atom stereocenters. The number of anilines is 1. The summed E-state index contributed by atoms with van der Waals surface area (Å²) in [6.07, 6.45) is 2.15. The molecule has 2 aliphatic heterocycles. The zero-order valence-corrected chi connectivity index (χ0v) is 17.7. The molecule has 0 aromatic heterocycles. The Morgan fingerprint density at radius 1 is 1.23 bits per heavy atom. The minimum atomic E-state index is -0.317. The van der Waals surface area contributed by atoms with E-state index in [1.807, 2.05) is 0 Å². The van der Waals surface area contributed by atoms with Gasteiger partial charge >= 0.3 is 0 Å². The van der Waals surface area contributed by atoms with Crippen LogP contribution in [0.25, 0.3) is 0 Å². The Morgan fingerprint density at radius 2 is 1.97 bits per heavy atom. The monoisotopic (exact) mass is 411 g/mol. The molecule has 30 heavy (non-hydrogen) atoms. The maximum Gasteiger partial charge on any atom is 0.226 e. The number of fused-ring (bicyclic) bond motifs is 2. The van der Waals surface area contributed by atoms with E-state index in [0.717, 1.165) is 25.9 Å². The first-order valence-electron chi connectivity index (χ1n) is 10.6. The number of hydrogen-bond acceptors (Lipinski definition) is 4. The van der Waals surface area contributed by atoms with Crippen LogP contribution in [-0.2, 0) is 28.2 Å². The first-order valence-corrected chi connectivity index (χ1v) is 10.6. The summed E-state index contributed by atoms with van der Waals surface area (Å²) in [6.45, 7) is 2.98. The van der Waals surface area contributed by atoms with Crippen LogP contribution in [0.15, 0.2) is 42.5 Å². The molecular formula is C24H30FN3O2. The molecule has 160 valence electrons. The molecule has 1 amide bonds. The van der Waals surface area contributed by atoms with Crippen LogP contribution in [0.5, 0.6) is 0 Å². The summed E-state index contributed by atoms with van der Waals surface area (Å²) < 4.78 is 20.6. The van der Waals surface area contributed by atoms with Crippen LogP contribution >= 0.6 is 0 Å². The van der Waals surface area contributed by atoms with E-state index in [1.54, 1.807) is 31.1 Å². The summed E-state index contributed by atoms with van der Waals surface area (Å²) in [4.78, 5) is 16.8. The molecule has 0 bridgehead atoms. The fraction of sp³-hybridized carbons (Fsp3) is 0.458. The minimum Gasteiger partial charge on any atom is -0.399 e. The number of piperidine rings is 1. The SMILES string of the molecule is CN(C)C(=O)C(Cc1cc(N)ccc1F)CN1CCC2(CC1)OCc1ccccc12. The lowest BCUT2D eigenvalue weighted by Crippen LogP contribution is -2.46. The number of amides is 1. The number of halogens is 1. The van der Waals surface area contributed by atoms with Crippen molar-refractivity contribution in [3.63, 3.8) is 0 Å². The molecule has 0 radical (unpaired) electrons. The number of nitrogen functional groups attached to an aromatic ring is 1. The maximum absolute atomic E-state index is 14.3. The highest BCUT2D eigenvalue weighted by Crippen LogP contribution is 2.44. The van der Waals surface area contributed by atoms with E-state index in [4.69, 9.17) is 10.5 Å². The molecule has 6 heteroatoms. The molecule has 4 rings (SSSR count). The van der Waals surface area contributed by atoms with Gasteiger partial charge in [-0.3, -0.25) is 4.79 Å². The summed E-state index contributed by atoms with van der Waals surface area (Å²) in [5.41, 5.74) is 9.25. The number of benzene rings is 2. The molecule has 0 saturated carbocycles. The van der Waals surface area contributed by atoms with Crippen molar-refractivity contribution in [1.82, 2.24) is 9.80 Å². The number of carbonyl (C=O) groups is 1. The fourth-order valence-corrected chi connectivity index (χ4v) is 4.82. The van der Waals surface area contributed by atoms with Crippen LogP contribution in [0, 0.1) is 11.7 Å². The highest BCUT2D eigenvalue weighted by atomic mass is 19.1. The van der Waals surface area contributed by atoms with Crippen molar-refractivity contribution >= 4 is 11.6 Å². The second kappa shape index (κ2) is 8.36. The minimum absolute atomic E-state index is 0.0135. The average molecular weight is 412 g/mol.